The van der Waals surface area contributed by atoms with E-state index in [1.807, 2.05) is 0 Å². The van der Waals surface area contributed by atoms with Crippen molar-refractivity contribution in [2.24, 2.45) is 5.92 Å². The van der Waals surface area contributed by atoms with Crippen molar-refractivity contribution in [2.75, 3.05) is 17.2 Å². The largest absolute Gasteiger partial charge is 0.480 e. The van der Waals surface area contributed by atoms with Crippen LogP contribution in [0.5, 0.6) is 0 Å². The van der Waals surface area contributed by atoms with Gasteiger partial charge in [-0.1, -0.05) is 30.3 Å². The van der Waals surface area contributed by atoms with Crippen LogP contribution in [0.25, 0.3) is 0 Å². The number of aliphatic carboxylic acids is 1. The zero-order valence-corrected chi connectivity index (χ0v) is 15.5. The number of thiol groups is 1. The van der Waals surface area contributed by atoms with Crippen molar-refractivity contribution < 1.29 is 24.6 Å². The summed E-state index contributed by atoms with van der Waals surface area (Å²) in [5, 5.41) is 18.1. The molecule has 2 aromatic rings. The highest BCUT2D eigenvalue weighted by atomic mass is 32.1. The summed E-state index contributed by atoms with van der Waals surface area (Å²) in [4.78, 5) is 36.3. The van der Waals surface area contributed by atoms with Gasteiger partial charge in [-0.25, -0.2) is 4.79 Å². The number of nitrogens with zero attached hydrogens (tertiary/aromatic N) is 1. The molecule has 0 aliphatic rings. The number of hydrogen-bond donors (Lipinski definition) is 3. The van der Waals surface area contributed by atoms with E-state index < -0.39 is 24.4 Å². The van der Waals surface area contributed by atoms with Crippen LogP contribution < -0.4 is 4.90 Å². The minimum atomic E-state index is -1.09. The predicted octanol–water partition coefficient (Wildman–Crippen LogP) is 2.98. The number of carboxylic acids is 2. The Morgan fingerprint density at radius 1 is 0.963 bits per heavy atom. The molecule has 6 nitrogen and oxygen atoms in total. The van der Waals surface area contributed by atoms with Gasteiger partial charge < -0.3 is 15.1 Å². The number of rotatable bonds is 9. The van der Waals surface area contributed by atoms with Crippen molar-refractivity contribution >= 4 is 36.2 Å². The second kappa shape index (κ2) is 9.78. The Bertz CT molecular complexity index is 792. The average Bonchev–Trinajstić information content (AvgIpc) is 2.67. The maximum Gasteiger partial charge on any atom is 0.335 e. The molecule has 0 aliphatic heterocycles. The van der Waals surface area contributed by atoms with Gasteiger partial charge in [0.05, 0.1) is 5.56 Å². The van der Waals surface area contributed by atoms with Crippen molar-refractivity contribution in [3.8, 4) is 0 Å². The number of aryl methyl sites for hydroxylation is 1. The van der Waals surface area contributed by atoms with Gasteiger partial charge in [-0.05, 0) is 42.7 Å². The fourth-order valence-corrected chi connectivity index (χ4v) is 3.05. The lowest BCUT2D eigenvalue weighted by Crippen LogP contribution is -2.40. The highest BCUT2D eigenvalue weighted by molar-refractivity contribution is 7.80. The first-order chi connectivity index (χ1) is 12.9. The van der Waals surface area contributed by atoms with Crippen LogP contribution in [0.4, 0.5) is 5.69 Å². The summed E-state index contributed by atoms with van der Waals surface area (Å²) < 4.78 is 0. The molecule has 1 unspecified atom stereocenters. The minimum Gasteiger partial charge on any atom is -0.480 e. The molecule has 0 radical (unpaired) electrons. The Kier molecular flexibility index (Phi) is 7.43. The predicted molar refractivity (Wildman–Crippen MR) is 105 cm³/mol. The number of anilines is 1. The normalized spacial score (nSPS) is 11.6. The number of hydrogen-bond acceptors (Lipinski definition) is 4. The topological polar surface area (TPSA) is 94.9 Å². The molecular formula is C20H21NO5S. The summed E-state index contributed by atoms with van der Waals surface area (Å²) in [6, 6.07) is 15.2. The SMILES string of the molecule is O=C(O)CN(C(=O)C(CS)CCc1ccc(C(=O)O)cc1)c1ccccc1. The second-order valence-electron chi connectivity index (χ2n) is 6.07. The van der Waals surface area contributed by atoms with E-state index in [2.05, 4.69) is 12.6 Å². The quantitative estimate of drug-likeness (QED) is 0.575. The molecule has 0 aromatic heterocycles. The van der Waals surface area contributed by atoms with E-state index >= 15 is 0 Å². The van der Waals surface area contributed by atoms with Crippen LogP contribution in [0.3, 0.4) is 0 Å². The number of carbonyl (C=O) groups excluding carboxylic acids is 1. The maximum absolute atomic E-state index is 12.9. The van der Waals surface area contributed by atoms with Gasteiger partial charge in [0.25, 0.3) is 0 Å². The van der Waals surface area contributed by atoms with Gasteiger partial charge in [0, 0.05) is 17.4 Å². The van der Waals surface area contributed by atoms with Crippen LogP contribution in [-0.4, -0.2) is 40.4 Å². The number of carbonyl (C=O) groups is 3. The van der Waals surface area contributed by atoms with Crippen molar-refractivity contribution in [3.63, 3.8) is 0 Å². The lowest BCUT2D eigenvalue weighted by Gasteiger charge is -2.25. The lowest BCUT2D eigenvalue weighted by molar-refractivity contribution is -0.137. The lowest BCUT2D eigenvalue weighted by atomic mass is 9.98. The summed E-state index contributed by atoms with van der Waals surface area (Å²) in [5.74, 6) is -2.53. The van der Waals surface area contributed by atoms with E-state index in [1.54, 1.807) is 42.5 Å². The maximum atomic E-state index is 12.9. The fourth-order valence-electron chi connectivity index (χ4n) is 2.71. The molecule has 1 atom stereocenters. The zero-order valence-electron chi connectivity index (χ0n) is 14.6. The molecule has 7 heteroatoms. The van der Waals surface area contributed by atoms with Crippen molar-refractivity contribution in [3.05, 3.63) is 65.7 Å². The molecule has 2 rings (SSSR count). The highest BCUT2D eigenvalue weighted by Gasteiger charge is 2.26. The Morgan fingerprint density at radius 3 is 2.11 bits per heavy atom. The van der Waals surface area contributed by atoms with E-state index in [0.717, 1.165) is 5.56 Å². The Hall–Kier alpha value is -2.80. The summed E-state index contributed by atoms with van der Waals surface area (Å²) in [6.07, 6.45) is 1.05. The van der Waals surface area contributed by atoms with Crippen molar-refractivity contribution in [2.45, 2.75) is 12.8 Å². The summed E-state index contributed by atoms with van der Waals surface area (Å²) >= 11 is 4.27. The van der Waals surface area contributed by atoms with Gasteiger partial charge in [0.2, 0.25) is 5.91 Å². The molecule has 0 heterocycles. The van der Waals surface area contributed by atoms with Crippen LogP contribution in [0, 0.1) is 5.92 Å². The number of amides is 1. The second-order valence-corrected chi connectivity index (χ2v) is 6.44. The Labute approximate surface area is 162 Å². The van der Waals surface area contributed by atoms with Crippen molar-refractivity contribution in [1.82, 2.24) is 0 Å². The van der Waals surface area contributed by atoms with Gasteiger partial charge in [-0.2, -0.15) is 12.6 Å². The highest BCUT2D eigenvalue weighted by Crippen LogP contribution is 2.20. The first-order valence-electron chi connectivity index (χ1n) is 8.43. The molecule has 0 aliphatic carbocycles. The summed E-state index contributed by atoms with van der Waals surface area (Å²) in [5.41, 5.74) is 1.64. The smallest absolute Gasteiger partial charge is 0.335 e. The van der Waals surface area contributed by atoms with E-state index in [0.29, 0.717) is 18.5 Å². The zero-order chi connectivity index (χ0) is 19.8. The van der Waals surface area contributed by atoms with Gasteiger partial charge in [0.1, 0.15) is 6.54 Å². The molecular weight excluding hydrogens is 366 g/mol. The van der Waals surface area contributed by atoms with Crippen LogP contribution >= 0.6 is 12.6 Å². The first-order valence-corrected chi connectivity index (χ1v) is 9.07. The van der Waals surface area contributed by atoms with Crippen molar-refractivity contribution in [1.29, 1.82) is 0 Å². The van der Waals surface area contributed by atoms with E-state index in [1.165, 1.54) is 17.0 Å². The molecule has 2 aromatic carbocycles. The molecule has 0 saturated carbocycles. The average molecular weight is 387 g/mol. The van der Waals surface area contributed by atoms with Gasteiger partial charge >= 0.3 is 11.9 Å². The molecule has 0 bridgehead atoms. The molecule has 2 N–H and O–H groups in total. The molecule has 27 heavy (non-hydrogen) atoms. The van der Waals surface area contributed by atoms with Gasteiger partial charge in [-0.15, -0.1) is 0 Å². The molecule has 142 valence electrons. The third-order valence-electron chi connectivity index (χ3n) is 4.18. The van der Waals surface area contributed by atoms with E-state index in [4.69, 9.17) is 10.2 Å². The Morgan fingerprint density at radius 2 is 1.59 bits per heavy atom. The number of para-hydroxylation sites is 1. The van der Waals surface area contributed by atoms with Gasteiger partial charge in [0.15, 0.2) is 0 Å². The van der Waals surface area contributed by atoms with E-state index in [-0.39, 0.29) is 17.2 Å². The van der Waals surface area contributed by atoms with Crippen LogP contribution in [0.2, 0.25) is 0 Å². The number of benzene rings is 2. The first kappa shape index (κ1) is 20.5. The summed E-state index contributed by atoms with van der Waals surface area (Å²) in [6.45, 7) is -0.416. The minimum absolute atomic E-state index is 0.206. The molecule has 0 saturated heterocycles. The fraction of sp³-hybridized carbons (Fsp3) is 0.250. The standard InChI is InChI=1S/C20H21NO5S/c22-18(23)12-21(17-4-2-1-3-5-17)19(24)16(13-27)11-8-14-6-9-15(10-7-14)20(25)26/h1-7,9-10,16,27H,8,11-13H2,(H,22,23)(H,25,26). The number of aromatic carboxylic acids is 1. The molecule has 0 fully saturated rings. The summed E-state index contributed by atoms with van der Waals surface area (Å²) in [7, 11) is 0. The molecule has 1 amide bonds. The Balaban J connectivity index is 2.10. The van der Waals surface area contributed by atoms with Crippen LogP contribution in [-0.2, 0) is 16.0 Å². The van der Waals surface area contributed by atoms with Gasteiger partial charge in [-0.3, -0.25) is 9.59 Å². The third-order valence-corrected chi connectivity index (χ3v) is 4.62. The van der Waals surface area contributed by atoms with Crippen LogP contribution in [0.1, 0.15) is 22.3 Å². The third kappa shape index (κ3) is 5.86. The van der Waals surface area contributed by atoms with Crippen LogP contribution in [0.15, 0.2) is 54.6 Å². The molecule has 0 spiro atoms. The van der Waals surface area contributed by atoms with E-state index in [9.17, 15) is 14.4 Å². The monoisotopic (exact) mass is 387 g/mol. The number of carboxylic acid groups (broad SMARTS) is 2.